The minimum absolute atomic E-state index is 0.0930. The monoisotopic (exact) mass is 339 g/mol. The van der Waals surface area contributed by atoms with Crippen LogP contribution in [-0.2, 0) is 13.1 Å². The number of halogens is 1. The summed E-state index contributed by atoms with van der Waals surface area (Å²) in [5.74, 6) is 0.958. The van der Waals surface area contributed by atoms with Gasteiger partial charge in [0.05, 0.1) is 28.7 Å². The van der Waals surface area contributed by atoms with Crippen LogP contribution in [0.5, 0.6) is 0 Å². The van der Waals surface area contributed by atoms with Crippen LogP contribution >= 0.6 is 15.9 Å². The number of aromatic nitrogens is 2. The Labute approximate surface area is 128 Å². The van der Waals surface area contributed by atoms with Crippen molar-refractivity contribution in [2.75, 3.05) is 0 Å². The molecule has 0 spiro atoms. The van der Waals surface area contributed by atoms with Gasteiger partial charge in [-0.25, -0.2) is 0 Å². The molecule has 5 heteroatoms. The molecule has 0 atom stereocenters. The fourth-order valence-electron chi connectivity index (χ4n) is 1.99. The third kappa shape index (κ3) is 3.52. The van der Waals surface area contributed by atoms with E-state index in [4.69, 9.17) is 4.42 Å². The van der Waals surface area contributed by atoms with E-state index in [-0.39, 0.29) is 5.54 Å². The Kier molecular flexibility index (Phi) is 4.39. The Hall–Kier alpha value is -1.07. The molecule has 0 aromatic carbocycles. The SMILES string of the molecule is Cc1nn(Cc2occc2CNC(C)(C)C)c(C)c1Br. The van der Waals surface area contributed by atoms with Crippen molar-refractivity contribution in [1.82, 2.24) is 15.1 Å². The molecule has 110 valence electrons. The molecular formula is C15H22BrN3O. The second-order valence-corrected chi connectivity index (χ2v) is 6.91. The van der Waals surface area contributed by atoms with Crippen LogP contribution in [0, 0.1) is 13.8 Å². The average molecular weight is 340 g/mol. The summed E-state index contributed by atoms with van der Waals surface area (Å²) in [7, 11) is 0. The van der Waals surface area contributed by atoms with E-state index in [2.05, 4.69) is 54.0 Å². The van der Waals surface area contributed by atoms with E-state index < -0.39 is 0 Å². The van der Waals surface area contributed by atoms with Crippen molar-refractivity contribution < 1.29 is 4.42 Å². The van der Waals surface area contributed by atoms with Crippen LogP contribution in [0.4, 0.5) is 0 Å². The zero-order valence-electron chi connectivity index (χ0n) is 12.7. The number of nitrogens with one attached hydrogen (secondary N) is 1. The molecule has 0 radical (unpaired) electrons. The molecule has 0 aliphatic carbocycles. The molecule has 0 unspecified atom stereocenters. The Balaban J connectivity index is 2.14. The lowest BCUT2D eigenvalue weighted by Gasteiger charge is -2.20. The summed E-state index contributed by atoms with van der Waals surface area (Å²) in [5.41, 5.74) is 3.40. The van der Waals surface area contributed by atoms with Gasteiger partial charge in [-0.05, 0) is 56.6 Å². The van der Waals surface area contributed by atoms with Crippen molar-refractivity contribution in [2.45, 2.75) is 53.2 Å². The molecule has 0 fully saturated rings. The molecule has 0 saturated carbocycles. The summed E-state index contributed by atoms with van der Waals surface area (Å²) >= 11 is 3.55. The third-order valence-electron chi connectivity index (χ3n) is 3.23. The van der Waals surface area contributed by atoms with Crippen LogP contribution in [0.15, 0.2) is 21.2 Å². The van der Waals surface area contributed by atoms with E-state index in [1.54, 1.807) is 6.26 Å². The number of aryl methyl sites for hydroxylation is 1. The van der Waals surface area contributed by atoms with Gasteiger partial charge in [0.15, 0.2) is 0 Å². The van der Waals surface area contributed by atoms with Gasteiger partial charge < -0.3 is 9.73 Å². The largest absolute Gasteiger partial charge is 0.467 e. The molecule has 4 nitrogen and oxygen atoms in total. The number of nitrogens with zero attached hydrogens (tertiary/aromatic N) is 2. The smallest absolute Gasteiger partial charge is 0.129 e. The first-order chi connectivity index (χ1) is 9.28. The van der Waals surface area contributed by atoms with E-state index >= 15 is 0 Å². The first kappa shape index (κ1) is 15.3. The van der Waals surface area contributed by atoms with Crippen LogP contribution in [-0.4, -0.2) is 15.3 Å². The highest BCUT2D eigenvalue weighted by Crippen LogP contribution is 2.22. The summed E-state index contributed by atoms with van der Waals surface area (Å²) in [6.07, 6.45) is 1.75. The second kappa shape index (κ2) is 5.74. The third-order valence-corrected chi connectivity index (χ3v) is 4.38. The highest BCUT2D eigenvalue weighted by molar-refractivity contribution is 9.10. The lowest BCUT2D eigenvalue weighted by molar-refractivity contribution is 0.415. The summed E-state index contributed by atoms with van der Waals surface area (Å²) in [5, 5.41) is 8.01. The van der Waals surface area contributed by atoms with Gasteiger partial charge in [-0.3, -0.25) is 4.68 Å². The average Bonchev–Trinajstić information content (AvgIpc) is 2.88. The van der Waals surface area contributed by atoms with Crippen LogP contribution < -0.4 is 5.32 Å². The van der Waals surface area contributed by atoms with Crippen LogP contribution in [0.2, 0.25) is 0 Å². The maximum Gasteiger partial charge on any atom is 0.129 e. The highest BCUT2D eigenvalue weighted by Gasteiger charge is 2.15. The van der Waals surface area contributed by atoms with Gasteiger partial charge in [0, 0.05) is 17.6 Å². The van der Waals surface area contributed by atoms with Crippen LogP contribution in [0.3, 0.4) is 0 Å². The quantitative estimate of drug-likeness (QED) is 0.921. The minimum Gasteiger partial charge on any atom is -0.467 e. The van der Waals surface area contributed by atoms with Gasteiger partial charge in [0.25, 0.3) is 0 Å². The Bertz CT molecular complexity index is 593. The lowest BCUT2D eigenvalue weighted by atomic mass is 10.1. The van der Waals surface area contributed by atoms with Crippen LogP contribution in [0.1, 0.15) is 43.5 Å². The summed E-state index contributed by atoms with van der Waals surface area (Å²) < 4.78 is 8.66. The molecule has 0 saturated heterocycles. The fourth-order valence-corrected chi connectivity index (χ4v) is 2.27. The summed E-state index contributed by atoms with van der Waals surface area (Å²) in [6, 6.07) is 2.02. The van der Waals surface area contributed by atoms with Crippen molar-refractivity contribution >= 4 is 15.9 Å². The summed E-state index contributed by atoms with van der Waals surface area (Å²) in [4.78, 5) is 0. The molecule has 20 heavy (non-hydrogen) atoms. The van der Waals surface area contributed by atoms with Gasteiger partial charge in [-0.1, -0.05) is 0 Å². The summed E-state index contributed by atoms with van der Waals surface area (Å²) in [6.45, 7) is 12.0. The van der Waals surface area contributed by atoms with Gasteiger partial charge in [-0.15, -0.1) is 0 Å². The van der Waals surface area contributed by atoms with E-state index in [0.29, 0.717) is 6.54 Å². The van der Waals surface area contributed by atoms with Gasteiger partial charge in [0.1, 0.15) is 5.76 Å². The highest BCUT2D eigenvalue weighted by atomic mass is 79.9. The van der Waals surface area contributed by atoms with Gasteiger partial charge >= 0.3 is 0 Å². The molecular weight excluding hydrogens is 318 g/mol. The van der Waals surface area contributed by atoms with Crippen LogP contribution in [0.25, 0.3) is 0 Å². The fraction of sp³-hybridized carbons (Fsp3) is 0.533. The van der Waals surface area contributed by atoms with Crippen molar-refractivity contribution in [1.29, 1.82) is 0 Å². The van der Waals surface area contributed by atoms with E-state index in [0.717, 1.165) is 28.2 Å². The standard InChI is InChI=1S/C15H22BrN3O/c1-10-14(16)11(2)19(18-10)9-13-12(6-7-20-13)8-17-15(3,4)5/h6-7,17H,8-9H2,1-5H3. The van der Waals surface area contributed by atoms with E-state index in [1.165, 1.54) is 5.56 Å². The van der Waals surface area contributed by atoms with E-state index in [1.807, 2.05) is 17.7 Å². The molecule has 0 aliphatic heterocycles. The second-order valence-electron chi connectivity index (χ2n) is 6.12. The van der Waals surface area contributed by atoms with Crippen molar-refractivity contribution in [3.8, 4) is 0 Å². The van der Waals surface area contributed by atoms with Gasteiger partial charge in [-0.2, -0.15) is 5.10 Å². The molecule has 0 bridgehead atoms. The van der Waals surface area contributed by atoms with E-state index in [9.17, 15) is 0 Å². The first-order valence-corrected chi connectivity index (χ1v) is 7.57. The van der Waals surface area contributed by atoms with Crippen molar-refractivity contribution in [2.24, 2.45) is 0 Å². The van der Waals surface area contributed by atoms with Gasteiger partial charge in [0.2, 0.25) is 0 Å². The molecule has 2 heterocycles. The molecule has 2 rings (SSSR count). The topological polar surface area (TPSA) is 43.0 Å². The molecule has 0 aliphatic rings. The number of furan rings is 1. The van der Waals surface area contributed by atoms with Crippen molar-refractivity contribution in [3.05, 3.63) is 39.5 Å². The molecule has 0 amide bonds. The Morgan fingerprint density at radius 2 is 2.05 bits per heavy atom. The zero-order chi connectivity index (χ0) is 14.9. The molecule has 1 N–H and O–H groups in total. The normalized spacial score (nSPS) is 12.1. The molecule has 2 aromatic rings. The predicted octanol–water partition coefficient (Wildman–Crippen LogP) is 3.79. The lowest BCUT2D eigenvalue weighted by Crippen LogP contribution is -2.35. The van der Waals surface area contributed by atoms with Crippen molar-refractivity contribution in [3.63, 3.8) is 0 Å². The maximum atomic E-state index is 5.62. The minimum atomic E-state index is 0.0930. The maximum absolute atomic E-state index is 5.62. The number of hydrogen-bond donors (Lipinski definition) is 1. The number of hydrogen-bond acceptors (Lipinski definition) is 3. The Morgan fingerprint density at radius 1 is 1.35 bits per heavy atom. The molecule has 2 aromatic heterocycles. The first-order valence-electron chi connectivity index (χ1n) is 6.77. The predicted molar refractivity (Wildman–Crippen MR) is 83.8 cm³/mol. The number of rotatable bonds is 4. The zero-order valence-corrected chi connectivity index (χ0v) is 14.3. The Morgan fingerprint density at radius 3 is 2.60 bits per heavy atom.